The summed E-state index contributed by atoms with van der Waals surface area (Å²) in [6.07, 6.45) is 4.12. The average molecular weight is 310 g/mol. The van der Waals surface area contributed by atoms with E-state index in [4.69, 9.17) is 5.73 Å². The van der Waals surface area contributed by atoms with Gasteiger partial charge in [-0.3, -0.25) is 0 Å². The summed E-state index contributed by atoms with van der Waals surface area (Å²) in [6, 6.07) is 6.33. The van der Waals surface area contributed by atoms with E-state index in [1.807, 2.05) is 0 Å². The number of benzene rings is 1. The van der Waals surface area contributed by atoms with E-state index in [2.05, 4.69) is 32.0 Å². The number of nitrogens with two attached hydrogens (primary N) is 1. The molecule has 1 saturated heterocycles. The van der Waals surface area contributed by atoms with Crippen LogP contribution in [0.2, 0.25) is 0 Å². The number of aryl methyl sites for hydroxylation is 2. The van der Waals surface area contributed by atoms with Crippen molar-refractivity contribution < 1.29 is 8.42 Å². The van der Waals surface area contributed by atoms with Crippen LogP contribution in [0.5, 0.6) is 0 Å². The van der Waals surface area contributed by atoms with Gasteiger partial charge in [-0.25, -0.2) is 12.7 Å². The maximum atomic E-state index is 11.7. The molecule has 2 unspecified atom stereocenters. The lowest BCUT2D eigenvalue weighted by atomic mass is 9.88. The van der Waals surface area contributed by atoms with Crippen LogP contribution >= 0.6 is 0 Å². The lowest BCUT2D eigenvalue weighted by molar-refractivity contribution is 0.247. The van der Waals surface area contributed by atoms with Crippen LogP contribution in [-0.4, -0.2) is 32.1 Å². The van der Waals surface area contributed by atoms with Gasteiger partial charge in [0, 0.05) is 19.1 Å². The molecule has 0 radical (unpaired) electrons. The molecule has 1 aromatic rings. The van der Waals surface area contributed by atoms with E-state index < -0.39 is 10.0 Å². The Bertz CT molecular complexity index is 598. The Labute approximate surface area is 128 Å². The maximum absolute atomic E-state index is 11.7. The van der Waals surface area contributed by atoms with Gasteiger partial charge in [0.15, 0.2) is 0 Å². The summed E-state index contributed by atoms with van der Waals surface area (Å²) in [5.41, 5.74) is 10.0. The smallest absolute Gasteiger partial charge is 0.211 e. The molecule has 4 nitrogen and oxygen atoms in total. The van der Waals surface area contributed by atoms with Gasteiger partial charge in [-0.05, 0) is 50.2 Å². The summed E-state index contributed by atoms with van der Waals surface area (Å²) in [5.74, 6) is 0.351. The molecule has 1 heterocycles. The van der Waals surface area contributed by atoms with Crippen LogP contribution in [0.3, 0.4) is 0 Å². The van der Waals surface area contributed by atoms with Gasteiger partial charge in [0.05, 0.1) is 6.26 Å². The first kappa shape index (κ1) is 16.5. The average Bonchev–Trinajstić information content (AvgIpc) is 2.37. The van der Waals surface area contributed by atoms with Gasteiger partial charge in [0.1, 0.15) is 0 Å². The minimum absolute atomic E-state index is 0.0184. The van der Waals surface area contributed by atoms with Gasteiger partial charge < -0.3 is 5.73 Å². The first-order chi connectivity index (χ1) is 9.77. The Kier molecular flexibility index (Phi) is 5.07. The maximum Gasteiger partial charge on any atom is 0.211 e. The Morgan fingerprint density at radius 2 is 2.10 bits per heavy atom. The van der Waals surface area contributed by atoms with Crippen molar-refractivity contribution in [2.75, 3.05) is 19.3 Å². The zero-order chi connectivity index (χ0) is 15.6. The van der Waals surface area contributed by atoms with Crippen molar-refractivity contribution in [1.82, 2.24) is 4.31 Å². The molecule has 0 aromatic heterocycles. The summed E-state index contributed by atoms with van der Waals surface area (Å²) in [7, 11) is -3.08. The number of hydrogen-bond donors (Lipinski definition) is 1. The van der Waals surface area contributed by atoms with Crippen molar-refractivity contribution >= 4 is 10.0 Å². The van der Waals surface area contributed by atoms with Crippen LogP contribution in [0.15, 0.2) is 18.2 Å². The molecule has 0 aliphatic carbocycles. The molecule has 0 amide bonds. The van der Waals surface area contributed by atoms with Crippen LogP contribution in [-0.2, 0) is 10.0 Å². The Morgan fingerprint density at radius 1 is 1.38 bits per heavy atom. The molecular weight excluding hydrogens is 284 g/mol. The van der Waals surface area contributed by atoms with E-state index in [-0.39, 0.29) is 6.04 Å². The molecular formula is C16H26N2O2S. The van der Waals surface area contributed by atoms with Gasteiger partial charge in [-0.15, -0.1) is 0 Å². The highest BCUT2D eigenvalue weighted by Gasteiger charge is 2.27. The fraction of sp³-hybridized carbons (Fsp3) is 0.625. The molecule has 1 aliphatic heterocycles. The van der Waals surface area contributed by atoms with Crippen molar-refractivity contribution in [3.8, 4) is 0 Å². The molecule has 2 atom stereocenters. The lowest BCUT2D eigenvalue weighted by Gasteiger charge is -2.32. The quantitative estimate of drug-likeness (QED) is 0.928. The predicted octanol–water partition coefficient (Wildman–Crippen LogP) is 2.36. The predicted molar refractivity (Wildman–Crippen MR) is 86.6 cm³/mol. The molecule has 1 aliphatic rings. The fourth-order valence-corrected chi connectivity index (χ4v) is 4.19. The summed E-state index contributed by atoms with van der Waals surface area (Å²) in [4.78, 5) is 0. The van der Waals surface area contributed by atoms with E-state index >= 15 is 0 Å². The highest BCUT2D eigenvalue weighted by Crippen LogP contribution is 2.28. The summed E-state index contributed by atoms with van der Waals surface area (Å²) in [6.45, 7) is 5.42. The SMILES string of the molecule is Cc1ccc(C(N)CC2CCCN(S(C)(=O)=O)C2)c(C)c1. The molecule has 0 saturated carbocycles. The molecule has 2 N–H and O–H groups in total. The third kappa shape index (κ3) is 4.28. The van der Waals surface area contributed by atoms with E-state index in [1.165, 1.54) is 22.9 Å². The second kappa shape index (κ2) is 6.46. The van der Waals surface area contributed by atoms with Crippen molar-refractivity contribution in [1.29, 1.82) is 0 Å². The van der Waals surface area contributed by atoms with E-state index in [0.717, 1.165) is 19.3 Å². The molecule has 5 heteroatoms. The largest absolute Gasteiger partial charge is 0.324 e. The number of rotatable bonds is 4. The van der Waals surface area contributed by atoms with Crippen LogP contribution in [0.1, 0.15) is 42.0 Å². The van der Waals surface area contributed by atoms with Crippen LogP contribution in [0.25, 0.3) is 0 Å². The Hall–Kier alpha value is -0.910. The van der Waals surface area contributed by atoms with Gasteiger partial charge in [-0.1, -0.05) is 23.8 Å². The Balaban J connectivity index is 2.03. The summed E-state index contributed by atoms with van der Waals surface area (Å²) in [5, 5.41) is 0. The van der Waals surface area contributed by atoms with Crippen molar-refractivity contribution in [3.63, 3.8) is 0 Å². The van der Waals surface area contributed by atoms with Gasteiger partial charge in [0.2, 0.25) is 10.0 Å². The molecule has 1 fully saturated rings. The summed E-state index contributed by atoms with van der Waals surface area (Å²) < 4.78 is 24.9. The molecule has 1 aromatic carbocycles. The zero-order valence-electron chi connectivity index (χ0n) is 13.2. The number of nitrogens with zero attached hydrogens (tertiary/aromatic N) is 1. The van der Waals surface area contributed by atoms with E-state index in [0.29, 0.717) is 19.0 Å². The topological polar surface area (TPSA) is 63.4 Å². The second-order valence-electron chi connectivity index (χ2n) is 6.33. The van der Waals surface area contributed by atoms with Crippen molar-refractivity contribution in [2.45, 2.75) is 39.2 Å². The van der Waals surface area contributed by atoms with E-state index in [1.54, 1.807) is 4.31 Å². The van der Waals surface area contributed by atoms with Gasteiger partial charge >= 0.3 is 0 Å². The molecule has 2 rings (SSSR count). The number of piperidine rings is 1. The zero-order valence-corrected chi connectivity index (χ0v) is 14.0. The fourth-order valence-electron chi connectivity index (χ4n) is 3.25. The normalized spacial score (nSPS) is 22.2. The van der Waals surface area contributed by atoms with Crippen LogP contribution in [0.4, 0.5) is 0 Å². The number of hydrogen-bond acceptors (Lipinski definition) is 3. The standard InChI is InChI=1S/C16H26N2O2S/c1-12-6-7-15(13(2)9-12)16(17)10-14-5-4-8-18(11-14)21(3,19)20/h6-7,9,14,16H,4-5,8,10-11,17H2,1-3H3. The van der Waals surface area contributed by atoms with Gasteiger partial charge in [-0.2, -0.15) is 0 Å². The second-order valence-corrected chi connectivity index (χ2v) is 8.31. The van der Waals surface area contributed by atoms with Crippen molar-refractivity contribution in [2.24, 2.45) is 11.7 Å². The molecule has 0 spiro atoms. The first-order valence-electron chi connectivity index (χ1n) is 7.55. The summed E-state index contributed by atoms with van der Waals surface area (Å²) >= 11 is 0. The minimum atomic E-state index is -3.08. The first-order valence-corrected chi connectivity index (χ1v) is 9.40. The highest BCUT2D eigenvalue weighted by molar-refractivity contribution is 7.88. The molecule has 0 bridgehead atoms. The molecule has 118 valence electrons. The highest BCUT2D eigenvalue weighted by atomic mass is 32.2. The Morgan fingerprint density at radius 3 is 2.71 bits per heavy atom. The third-order valence-corrected chi connectivity index (χ3v) is 5.63. The van der Waals surface area contributed by atoms with Crippen LogP contribution < -0.4 is 5.73 Å². The minimum Gasteiger partial charge on any atom is -0.324 e. The monoisotopic (exact) mass is 310 g/mol. The lowest BCUT2D eigenvalue weighted by Crippen LogP contribution is -2.40. The molecule has 21 heavy (non-hydrogen) atoms. The van der Waals surface area contributed by atoms with Crippen LogP contribution in [0, 0.1) is 19.8 Å². The van der Waals surface area contributed by atoms with Gasteiger partial charge in [0.25, 0.3) is 0 Å². The van der Waals surface area contributed by atoms with E-state index in [9.17, 15) is 8.42 Å². The third-order valence-electron chi connectivity index (χ3n) is 4.36. The number of sulfonamides is 1. The van der Waals surface area contributed by atoms with Crippen molar-refractivity contribution in [3.05, 3.63) is 34.9 Å².